The molecule has 17 heavy (non-hydrogen) atoms. The Morgan fingerprint density at radius 2 is 1.82 bits per heavy atom. The van der Waals surface area contributed by atoms with Crippen molar-refractivity contribution in [2.45, 2.75) is 6.18 Å². The molecule has 0 bridgehead atoms. The number of ketones is 1. The molecule has 0 N–H and O–H groups in total. The molecule has 0 fully saturated rings. The normalized spacial score (nSPS) is 11.5. The molecule has 2 aromatic rings. The topological polar surface area (TPSA) is 34.9 Å². The van der Waals surface area contributed by atoms with E-state index in [1.807, 2.05) is 0 Å². The van der Waals surface area contributed by atoms with E-state index in [0.717, 1.165) is 12.1 Å². The van der Waals surface area contributed by atoms with Crippen LogP contribution >= 0.6 is 0 Å². The van der Waals surface area contributed by atoms with Crippen molar-refractivity contribution in [1.82, 2.24) is 9.55 Å². The fraction of sp³-hybridized carbons (Fsp3) is 0.0909. The molecule has 0 saturated heterocycles. The Morgan fingerprint density at radius 3 is 2.29 bits per heavy atom. The second-order valence-corrected chi connectivity index (χ2v) is 3.34. The van der Waals surface area contributed by atoms with Gasteiger partial charge in [-0.25, -0.2) is 4.98 Å². The summed E-state index contributed by atoms with van der Waals surface area (Å²) in [4.78, 5) is 14.7. The Bertz CT molecular complexity index is 515. The van der Waals surface area contributed by atoms with Gasteiger partial charge in [0.05, 0.1) is 6.33 Å². The molecular formula is C11H7F3N2O. The molecule has 1 heterocycles. The highest BCUT2D eigenvalue weighted by Gasteiger charge is 2.39. The van der Waals surface area contributed by atoms with Crippen molar-refractivity contribution in [1.29, 1.82) is 0 Å². The molecule has 6 heteroatoms. The molecule has 0 radical (unpaired) electrons. The zero-order valence-corrected chi connectivity index (χ0v) is 8.48. The van der Waals surface area contributed by atoms with Gasteiger partial charge in [-0.1, -0.05) is 0 Å². The minimum atomic E-state index is -4.84. The number of halogens is 3. The average Bonchev–Trinajstić information content (AvgIpc) is 2.80. The maximum atomic E-state index is 12.1. The van der Waals surface area contributed by atoms with Crippen molar-refractivity contribution < 1.29 is 18.0 Å². The van der Waals surface area contributed by atoms with Gasteiger partial charge in [0, 0.05) is 23.6 Å². The van der Waals surface area contributed by atoms with Crippen LogP contribution in [0.4, 0.5) is 13.2 Å². The van der Waals surface area contributed by atoms with E-state index in [-0.39, 0.29) is 5.56 Å². The molecule has 0 aliphatic rings. The van der Waals surface area contributed by atoms with E-state index in [1.54, 1.807) is 17.0 Å². The average molecular weight is 240 g/mol. The molecule has 0 atom stereocenters. The Hall–Kier alpha value is -2.11. The first-order valence-electron chi connectivity index (χ1n) is 4.68. The third-order valence-electron chi connectivity index (χ3n) is 2.19. The lowest BCUT2D eigenvalue weighted by molar-refractivity contribution is -0.0885. The van der Waals surface area contributed by atoms with Gasteiger partial charge in [-0.2, -0.15) is 13.2 Å². The van der Waals surface area contributed by atoms with Gasteiger partial charge >= 0.3 is 6.18 Å². The van der Waals surface area contributed by atoms with Crippen LogP contribution in [0.1, 0.15) is 10.4 Å². The number of rotatable bonds is 2. The summed E-state index contributed by atoms with van der Waals surface area (Å²) < 4.78 is 38.1. The SMILES string of the molecule is O=C(c1ccc(-n2ccnc2)cc1)C(F)(F)F. The first-order chi connectivity index (χ1) is 7.98. The molecule has 2 rings (SSSR count). The van der Waals surface area contributed by atoms with Gasteiger partial charge in [0.15, 0.2) is 0 Å². The van der Waals surface area contributed by atoms with Crippen LogP contribution in [0, 0.1) is 0 Å². The lowest BCUT2D eigenvalue weighted by Gasteiger charge is -2.06. The lowest BCUT2D eigenvalue weighted by atomic mass is 10.1. The fourth-order valence-electron chi connectivity index (χ4n) is 1.36. The minimum absolute atomic E-state index is 0.374. The zero-order chi connectivity index (χ0) is 12.5. The minimum Gasteiger partial charge on any atom is -0.306 e. The number of alkyl halides is 3. The van der Waals surface area contributed by atoms with Gasteiger partial charge < -0.3 is 4.57 Å². The van der Waals surface area contributed by atoms with Crippen LogP contribution in [0.2, 0.25) is 0 Å². The second-order valence-electron chi connectivity index (χ2n) is 3.34. The molecule has 1 aromatic carbocycles. The van der Waals surface area contributed by atoms with Crippen molar-refractivity contribution >= 4 is 5.78 Å². The maximum Gasteiger partial charge on any atom is 0.454 e. The molecule has 0 aliphatic heterocycles. The number of hydrogen-bond donors (Lipinski definition) is 0. The molecule has 1 aromatic heterocycles. The van der Waals surface area contributed by atoms with Gasteiger partial charge in [0.1, 0.15) is 0 Å². The summed E-state index contributed by atoms with van der Waals surface area (Å²) in [5, 5.41) is 0. The summed E-state index contributed by atoms with van der Waals surface area (Å²) >= 11 is 0. The highest BCUT2D eigenvalue weighted by atomic mass is 19.4. The standard InChI is InChI=1S/C11H7F3N2O/c12-11(13,14)10(17)8-1-3-9(4-2-8)16-6-5-15-7-16/h1-7H. The van der Waals surface area contributed by atoms with E-state index in [9.17, 15) is 18.0 Å². The van der Waals surface area contributed by atoms with E-state index in [2.05, 4.69) is 4.98 Å². The van der Waals surface area contributed by atoms with Gasteiger partial charge in [-0.15, -0.1) is 0 Å². The van der Waals surface area contributed by atoms with Crippen molar-refractivity contribution in [2.24, 2.45) is 0 Å². The van der Waals surface area contributed by atoms with E-state index in [1.165, 1.54) is 18.5 Å². The largest absolute Gasteiger partial charge is 0.454 e. The number of imidazole rings is 1. The third-order valence-corrected chi connectivity index (χ3v) is 2.19. The van der Waals surface area contributed by atoms with E-state index in [4.69, 9.17) is 0 Å². The maximum absolute atomic E-state index is 12.1. The molecular weight excluding hydrogens is 233 g/mol. The van der Waals surface area contributed by atoms with Gasteiger partial charge in [0.2, 0.25) is 0 Å². The monoisotopic (exact) mass is 240 g/mol. The summed E-state index contributed by atoms with van der Waals surface area (Å²) in [6, 6.07) is 5.15. The number of carbonyl (C=O) groups excluding carboxylic acids is 1. The number of hydrogen-bond acceptors (Lipinski definition) is 2. The third kappa shape index (κ3) is 2.35. The molecule has 0 amide bonds. The van der Waals surface area contributed by atoms with Crippen LogP contribution in [-0.4, -0.2) is 21.5 Å². The highest BCUT2D eigenvalue weighted by molar-refractivity contribution is 6.00. The molecule has 3 nitrogen and oxygen atoms in total. The van der Waals surface area contributed by atoms with Gasteiger partial charge in [0.25, 0.3) is 5.78 Å². The number of Topliss-reactive ketones (excluding diaryl/α,β-unsaturated/α-hetero) is 1. The summed E-state index contributed by atoms with van der Waals surface area (Å²) in [7, 11) is 0. The highest BCUT2D eigenvalue weighted by Crippen LogP contribution is 2.22. The van der Waals surface area contributed by atoms with Crippen LogP contribution in [0.3, 0.4) is 0 Å². The van der Waals surface area contributed by atoms with Crippen LogP contribution in [0.25, 0.3) is 5.69 Å². The quantitative estimate of drug-likeness (QED) is 0.756. The molecule has 0 aliphatic carbocycles. The summed E-state index contributed by atoms with van der Waals surface area (Å²) in [5.74, 6) is -1.84. The molecule has 0 spiro atoms. The Labute approximate surface area is 94.5 Å². The van der Waals surface area contributed by atoms with Crippen molar-refractivity contribution in [3.05, 3.63) is 48.5 Å². The van der Waals surface area contributed by atoms with E-state index in [0.29, 0.717) is 5.69 Å². The lowest BCUT2D eigenvalue weighted by Crippen LogP contribution is -2.22. The van der Waals surface area contributed by atoms with Crippen LogP contribution in [0.15, 0.2) is 43.0 Å². The Morgan fingerprint density at radius 1 is 1.18 bits per heavy atom. The van der Waals surface area contributed by atoms with Gasteiger partial charge in [-0.3, -0.25) is 4.79 Å². The Balaban J connectivity index is 2.28. The first-order valence-corrected chi connectivity index (χ1v) is 4.68. The number of carbonyl (C=O) groups is 1. The summed E-state index contributed by atoms with van der Waals surface area (Å²) in [6.07, 6.45) is -0.119. The summed E-state index contributed by atoms with van der Waals surface area (Å²) in [6.45, 7) is 0. The number of nitrogens with zero attached hydrogens (tertiary/aromatic N) is 2. The predicted molar refractivity (Wildman–Crippen MR) is 53.9 cm³/mol. The molecule has 0 saturated carbocycles. The Kier molecular flexibility index (Phi) is 2.71. The molecule has 0 unspecified atom stereocenters. The van der Waals surface area contributed by atoms with Gasteiger partial charge in [-0.05, 0) is 24.3 Å². The smallest absolute Gasteiger partial charge is 0.306 e. The van der Waals surface area contributed by atoms with Crippen molar-refractivity contribution in [2.75, 3.05) is 0 Å². The second kappa shape index (κ2) is 4.04. The van der Waals surface area contributed by atoms with Crippen LogP contribution in [-0.2, 0) is 0 Å². The fourth-order valence-corrected chi connectivity index (χ4v) is 1.36. The first kappa shape index (κ1) is 11.4. The molecule has 88 valence electrons. The van der Waals surface area contributed by atoms with Crippen molar-refractivity contribution in [3.63, 3.8) is 0 Å². The zero-order valence-electron chi connectivity index (χ0n) is 8.48. The number of aromatic nitrogens is 2. The van der Waals surface area contributed by atoms with Crippen LogP contribution in [0.5, 0.6) is 0 Å². The summed E-state index contributed by atoms with van der Waals surface area (Å²) in [5.41, 5.74) is 0.266. The van der Waals surface area contributed by atoms with E-state index < -0.39 is 12.0 Å². The number of benzene rings is 1. The predicted octanol–water partition coefficient (Wildman–Crippen LogP) is 2.62. The van der Waals surface area contributed by atoms with Crippen molar-refractivity contribution in [3.8, 4) is 5.69 Å². The van der Waals surface area contributed by atoms with Crippen LogP contribution < -0.4 is 0 Å². The van der Waals surface area contributed by atoms with E-state index >= 15 is 0 Å².